The highest BCUT2D eigenvalue weighted by molar-refractivity contribution is 6.05. The summed E-state index contributed by atoms with van der Waals surface area (Å²) in [6.07, 6.45) is 5.00. The van der Waals surface area contributed by atoms with Crippen LogP contribution in [0.3, 0.4) is 0 Å². The average Bonchev–Trinajstić information content (AvgIpc) is 2.35. The quantitative estimate of drug-likeness (QED) is 0.735. The highest BCUT2D eigenvalue weighted by Crippen LogP contribution is 2.15. The van der Waals surface area contributed by atoms with Crippen LogP contribution in [0, 0.1) is 12.3 Å². The lowest BCUT2D eigenvalue weighted by Gasteiger charge is -2.19. The first kappa shape index (κ1) is 12.7. The maximum absolute atomic E-state index is 11.4. The minimum absolute atomic E-state index is 0.0649. The van der Waals surface area contributed by atoms with Crippen LogP contribution in [0.4, 0.5) is 5.69 Å². The molecule has 5 heteroatoms. The lowest BCUT2D eigenvalue weighted by molar-refractivity contribution is -0.113. The van der Waals surface area contributed by atoms with E-state index in [9.17, 15) is 9.59 Å². The molecule has 0 saturated heterocycles. The fourth-order valence-corrected chi connectivity index (χ4v) is 1.31. The van der Waals surface area contributed by atoms with Crippen molar-refractivity contribution >= 4 is 17.6 Å². The van der Waals surface area contributed by atoms with E-state index in [0.29, 0.717) is 5.69 Å². The van der Waals surface area contributed by atoms with Crippen LogP contribution in [0.1, 0.15) is 10.4 Å². The predicted octanol–water partition coefficient (Wildman–Crippen LogP) is 0.343. The first-order valence-electron chi connectivity index (χ1n) is 4.82. The molecule has 0 fully saturated rings. The van der Waals surface area contributed by atoms with Crippen molar-refractivity contribution in [2.24, 2.45) is 0 Å². The molecular weight excluding hydrogens is 222 g/mol. The number of aromatic carboxylic acids is 1. The van der Waals surface area contributed by atoms with E-state index in [0.717, 1.165) is 0 Å². The van der Waals surface area contributed by atoms with Gasteiger partial charge in [0.05, 0.1) is 12.2 Å². The highest BCUT2D eigenvalue weighted by atomic mass is 16.4. The van der Waals surface area contributed by atoms with Crippen LogP contribution in [-0.2, 0) is 4.79 Å². The molecule has 17 heavy (non-hydrogen) atoms. The molecule has 0 unspecified atom stereocenters. The number of hydrogen-bond acceptors (Lipinski definition) is 3. The molecule has 0 atom stereocenters. The van der Waals surface area contributed by atoms with Crippen molar-refractivity contribution in [2.75, 3.05) is 18.1 Å². The van der Waals surface area contributed by atoms with Gasteiger partial charge in [0.1, 0.15) is 0 Å². The van der Waals surface area contributed by atoms with Gasteiger partial charge in [-0.15, -0.1) is 6.42 Å². The van der Waals surface area contributed by atoms with Gasteiger partial charge in [0.2, 0.25) is 0 Å². The molecule has 0 aliphatic rings. The van der Waals surface area contributed by atoms with Gasteiger partial charge in [0.25, 0.3) is 0 Å². The maximum atomic E-state index is 11.4. The number of anilines is 1. The number of carboxylic acids is 1. The Morgan fingerprint density at radius 1 is 1.29 bits per heavy atom. The Kier molecular flexibility index (Phi) is 4.26. The third-order valence-electron chi connectivity index (χ3n) is 2.12. The van der Waals surface area contributed by atoms with E-state index in [4.69, 9.17) is 16.6 Å². The number of carboxylic acid groups (broad SMARTS) is 1. The molecule has 0 aliphatic heterocycles. The third kappa shape index (κ3) is 3.06. The molecule has 1 aromatic carbocycles. The number of carbonyl (C=O) groups excluding carboxylic acids is 1. The van der Waals surface area contributed by atoms with E-state index >= 15 is 0 Å². The van der Waals surface area contributed by atoms with E-state index in [-0.39, 0.29) is 18.7 Å². The number of aliphatic hydroxyl groups is 1. The molecule has 0 saturated carbocycles. The fraction of sp³-hybridized carbons (Fsp3) is 0.167. The Hall–Kier alpha value is -2.32. The molecule has 1 amide bonds. The smallest absolute Gasteiger partial charge is 0.335 e. The monoisotopic (exact) mass is 233 g/mol. The molecule has 1 aromatic rings. The van der Waals surface area contributed by atoms with Gasteiger partial charge in [-0.1, -0.05) is 0 Å². The molecule has 1 rings (SSSR count). The molecular formula is C12H11NO4. The number of benzene rings is 1. The average molecular weight is 233 g/mol. The van der Waals surface area contributed by atoms with Crippen LogP contribution >= 0.6 is 0 Å². The van der Waals surface area contributed by atoms with Crippen molar-refractivity contribution in [1.29, 1.82) is 0 Å². The first-order chi connectivity index (χ1) is 8.10. The van der Waals surface area contributed by atoms with Crippen LogP contribution in [0.15, 0.2) is 24.3 Å². The van der Waals surface area contributed by atoms with E-state index in [1.54, 1.807) is 0 Å². The Morgan fingerprint density at radius 3 is 2.29 bits per heavy atom. The number of nitrogens with zero attached hydrogens (tertiary/aromatic N) is 1. The van der Waals surface area contributed by atoms with Crippen LogP contribution < -0.4 is 4.90 Å². The van der Waals surface area contributed by atoms with Gasteiger partial charge in [-0.3, -0.25) is 9.69 Å². The number of rotatable bonds is 4. The fourth-order valence-electron chi connectivity index (χ4n) is 1.31. The number of hydrogen-bond donors (Lipinski definition) is 2. The number of terminal acetylenes is 1. The molecule has 0 bridgehead atoms. The summed E-state index contributed by atoms with van der Waals surface area (Å²) in [5.41, 5.74) is 0.567. The highest BCUT2D eigenvalue weighted by Gasteiger charge is 2.13. The predicted molar refractivity (Wildman–Crippen MR) is 61.7 cm³/mol. The van der Waals surface area contributed by atoms with Gasteiger partial charge in [-0.25, -0.2) is 4.79 Å². The molecule has 0 aromatic heterocycles. The zero-order valence-electron chi connectivity index (χ0n) is 8.96. The molecule has 0 radical (unpaired) electrons. The second-order valence-electron chi connectivity index (χ2n) is 3.18. The summed E-state index contributed by atoms with van der Waals surface area (Å²) in [5.74, 6) is 0.316. The second-order valence-corrected chi connectivity index (χ2v) is 3.18. The minimum Gasteiger partial charge on any atom is -0.478 e. The number of carbonyl (C=O) groups is 2. The molecule has 2 N–H and O–H groups in total. The van der Waals surface area contributed by atoms with E-state index in [1.165, 1.54) is 29.2 Å². The SMILES string of the molecule is C#CC(=O)N(CCO)c1ccc(C(=O)O)cc1. The summed E-state index contributed by atoms with van der Waals surface area (Å²) in [6, 6.07) is 5.67. The van der Waals surface area contributed by atoms with Crippen LogP contribution in [0.25, 0.3) is 0 Å². The zero-order valence-corrected chi connectivity index (χ0v) is 8.96. The summed E-state index contributed by atoms with van der Waals surface area (Å²) in [4.78, 5) is 23.2. The lowest BCUT2D eigenvalue weighted by atomic mass is 10.2. The largest absolute Gasteiger partial charge is 0.478 e. The Labute approximate surface area is 98.3 Å². The van der Waals surface area contributed by atoms with Gasteiger partial charge in [-0.05, 0) is 30.2 Å². The van der Waals surface area contributed by atoms with E-state index in [1.807, 2.05) is 5.92 Å². The maximum Gasteiger partial charge on any atom is 0.335 e. The molecule has 0 spiro atoms. The molecule has 5 nitrogen and oxygen atoms in total. The molecule has 0 aliphatic carbocycles. The third-order valence-corrected chi connectivity index (χ3v) is 2.12. The normalized spacial score (nSPS) is 9.41. The zero-order chi connectivity index (χ0) is 12.8. The van der Waals surface area contributed by atoms with Crippen molar-refractivity contribution < 1.29 is 19.8 Å². The Balaban J connectivity index is 3.00. The standard InChI is InChI=1S/C12H11NO4/c1-2-11(15)13(7-8-14)10-5-3-9(4-6-10)12(16)17/h1,3-6,14H,7-8H2,(H,16,17). The van der Waals surface area contributed by atoms with Gasteiger partial charge < -0.3 is 10.2 Å². The molecule has 88 valence electrons. The Morgan fingerprint density at radius 2 is 1.88 bits per heavy atom. The van der Waals surface area contributed by atoms with Crippen LogP contribution in [-0.4, -0.2) is 35.2 Å². The number of aliphatic hydroxyl groups excluding tert-OH is 1. The van der Waals surface area contributed by atoms with Crippen molar-refractivity contribution in [1.82, 2.24) is 0 Å². The Bertz CT molecular complexity index is 458. The van der Waals surface area contributed by atoms with Crippen molar-refractivity contribution in [2.45, 2.75) is 0 Å². The topological polar surface area (TPSA) is 77.8 Å². The number of amides is 1. The van der Waals surface area contributed by atoms with Crippen LogP contribution in [0.5, 0.6) is 0 Å². The van der Waals surface area contributed by atoms with Gasteiger partial charge >= 0.3 is 11.9 Å². The minimum atomic E-state index is -1.05. The van der Waals surface area contributed by atoms with Crippen molar-refractivity contribution in [3.05, 3.63) is 29.8 Å². The second kappa shape index (κ2) is 5.68. The van der Waals surface area contributed by atoms with Gasteiger partial charge in [0.15, 0.2) is 0 Å². The van der Waals surface area contributed by atoms with Crippen LogP contribution in [0.2, 0.25) is 0 Å². The van der Waals surface area contributed by atoms with E-state index < -0.39 is 11.9 Å². The first-order valence-corrected chi connectivity index (χ1v) is 4.82. The van der Waals surface area contributed by atoms with E-state index in [2.05, 4.69) is 0 Å². The summed E-state index contributed by atoms with van der Waals surface area (Å²) >= 11 is 0. The molecule has 0 heterocycles. The summed E-state index contributed by atoms with van der Waals surface area (Å²) in [5, 5.41) is 17.5. The van der Waals surface area contributed by atoms with Gasteiger partial charge in [0, 0.05) is 12.2 Å². The lowest BCUT2D eigenvalue weighted by Crippen LogP contribution is -2.32. The summed E-state index contributed by atoms with van der Waals surface area (Å²) < 4.78 is 0. The van der Waals surface area contributed by atoms with Crippen molar-refractivity contribution in [3.63, 3.8) is 0 Å². The van der Waals surface area contributed by atoms with Crippen molar-refractivity contribution in [3.8, 4) is 12.3 Å². The van der Waals surface area contributed by atoms with Gasteiger partial charge in [-0.2, -0.15) is 0 Å². The summed E-state index contributed by atoms with van der Waals surface area (Å²) in [6.45, 7) is -0.163. The summed E-state index contributed by atoms with van der Waals surface area (Å²) in [7, 11) is 0.